The Balaban J connectivity index is 1.95. The molecule has 0 atom stereocenters. The highest BCUT2D eigenvalue weighted by molar-refractivity contribution is 5.48. The summed E-state index contributed by atoms with van der Waals surface area (Å²) in [6.45, 7) is 5.44. The van der Waals surface area contributed by atoms with E-state index in [1.54, 1.807) is 13.4 Å². The van der Waals surface area contributed by atoms with Crippen molar-refractivity contribution in [1.82, 2.24) is 15.3 Å². The second kappa shape index (κ2) is 6.36. The Morgan fingerprint density at radius 2 is 2.24 bits per heavy atom. The zero-order valence-electron chi connectivity index (χ0n) is 10.1. The SMILES string of the molecule is COCCNc1cc(N2CCNCC2)ncn1. The zero-order chi connectivity index (χ0) is 11.9. The van der Waals surface area contributed by atoms with Crippen LogP contribution in [0.5, 0.6) is 0 Å². The van der Waals surface area contributed by atoms with E-state index in [0.717, 1.165) is 44.4 Å². The highest BCUT2D eigenvalue weighted by Gasteiger charge is 2.11. The van der Waals surface area contributed by atoms with Gasteiger partial charge in [0.15, 0.2) is 0 Å². The Hall–Kier alpha value is -1.40. The van der Waals surface area contributed by atoms with Gasteiger partial charge < -0.3 is 20.3 Å². The number of rotatable bonds is 5. The average Bonchev–Trinajstić information content (AvgIpc) is 2.41. The van der Waals surface area contributed by atoms with Gasteiger partial charge in [0.05, 0.1) is 6.61 Å². The summed E-state index contributed by atoms with van der Waals surface area (Å²) in [5, 5.41) is 6.53. The lowest BCUT2D eigenvalue weighted by molar-refractivity contribution is 0.210. The van der Waals surface area contributed by atoms with Crippen LogP contribution in [-0.4, -0.2) is 56.4 Å². The van der Waals surface area contributed by atoms with E-state index in [9.17, 15) is 0 Å². The number of nitrogens with zero attached hydrogens (tertiary/aromatic N) is 3. The van der Waals surface area contributed by atoms with E-state index in [-0.39, 0.29) is 0 Å². The summed E-state index contributed by atoms with van der Waals surface area (Å²) in [5.41, 5.74) is 0. The lowest BCUT2D eigenvalue weighted by atomic mass is 10.3. The molecule has 0 amide bonds. The van der Waals surface area contributed by atoms with Gasteiger partial charge in [0.25, 0.3) is 0 Å². The summed E-state index contributed by atoms with van der Waals surface area (Å²) in [7, 11) is 1.69. The van der Waals surface area contributed by atoms with Crippen molar-refractivity contribution in [2.24, 2.45) is 0 Å². The maximum absolute atomic E-state index is 4.99. The van der Waals surface area contributed by atoms with Crippen molar-refractivity contribution < 1.29 is 4.74 Å². The summed E-state index contributed by atoms with van der Waals surface area (Å²) in [5.74, 6) is 1.84. The van der Waals surface area contributed by atoms with Gasteiger partial charge in [-0.15, -0.1) is 0 Å². The number of hydrogen-bond acceptors (Lipinski definition) is 6. The molecule has 17 heavy (non-hydrogen) atoms. The quantitative estimate of drug-likeness (QED) is 0.700. The summed E-state index contributed by atoms with van der Waals surface area (Å²) in [6, 6.07) is 1.99. The van der Waals surface area contributed by atoms with Gasteiger partial charge in [0, 0.05) is 45.9 Å². The van der Waals surface area contributed by atoms with Crippen molar-refractivity contribution in [3.8, 4) is 0 Å². The third-order valence-corrected chi connectivity index (χ3v) is 2.71. The summed E-state index contributed by atoms with van der Waals surface area (Å²) in [6.07, 6.45) is 1.60. The Kier molecular flexibility index (Phi) is 4.52. The number of methoxy groups -OCH3 is 1. The normalized spacial score (nSPS) is 15.9. The highest BCUT2D eigenvalue weighted by atomic mass is 16.5. The number of aromatic nitrogens is 2. The van der Waals surface area contributed by atoms with Gasteiger partial charge in [-0.3, -0.25) is 0 Å². The van der Waals surface area contributed by atoms with Crippen LogP contribution in [0, 0.1) is 0 Å². The Labute approximate surface area is 101 Å². The molecule has 2 N–H and O–H groups in total. The van der Waals surface area contributed by atoms with E-state index in [0.29, 0.717) is 6.61 Å². The predicted molar refractivity (Wildman–Crippen MR) is 67.5 cm³/mol. The average molecular weight is 237 g/mol. The minimum atomic E-state index is 0.674. The molecule has 2 heterocycles. The van der Waals surface area contributed by atoms with Crippen LogP contribution in [0.3, 0.4) is 0 Å². The molecule has 1 aliphatic heterocycles. The molecule has 6 heteroatoms. The maximum atomic E-state index is 4.99. The topological polar surface area (TPSA) is 62.3 Å². The summed E-state index contributed by atoms with van der Waals surface area (Å²) >= 11 is 0. The lowest BCUT2D eigenvalue weighted by Gasteiger charge is -2.28. The predicted octanol–water partition coefficient (Wildman–Crippen LogP) is -0.0555. The third kappa shape index (κ3) is 3.54. The van der Waals surface area contributed by atoms with E-state index in [1.807, 2.05) is 6.07 Å². The maximum Gasteiger partial charge on any atom is 0.134 e. The number of hydrogen-bond donors (Lipinski definition) is 2. The summed E-state index contributed by atoms with van der Waals surface area (Å²) in [4.78, 5) is 10.8. The fourth-order valence-electron chi connectivity index (χ4n) is 1.79. The van der Waals surface area contributed by atoms with Crippen LogP contribution in [0.2, 0.25) is 0 Å². The Morgan fingerprint density at radius 3 is 3.00 bits per heavy atom. The molecular weight excluding hydrogens is 218 g/mol. The molecule has 0 unspecified atom stereocenters. The van der Waals surface area contributed by atoms with Crippen LogP contribution in [0.15, 0.2) is 12.4 Å². The fraction of sp³-hybridized carbons (Fsp3) is 0.636. The van der Waals surface area contributed by atoms with E-state index in [4.69, 9.17) is 4.74 Å². The molecule has 0 aliphatic carbocycles. The summed E-state index contributed by atoms with van der Waals surface area (Å²) < 4.78 is 4.99. The molecule has 0 saturated carbocycles. The van der Waals surface area contributed by atoms with Crippen molar-refractivity contribution in [2.45, 2.75) is 0 Å². The lowest BCUT2D eigenvalue weighted by Crippen LogP contribution is -2.43. The van der Waals surface area contributed by atoms with Gasteiger partial charge in [-0.25, -0.2) is 9.97 Å². The van der Waals surface area contributed by atoms with E-state index in [1.165, 1.54) is 0 Å². The molecule has 0 spiro atoms. The number of nitrogens with one attached hydrogen (secondary N) is 2. The molecule has 0 aromatic carbocycles. The number of piperazine rings is 1. The van der Waals surface area contributed by atoms with Gasteiger partial charge in [0.2, 0.25) is 0 Å². The van der Waals surface area contributed by atoms with E-state index < -0.39 is 0 Å². The number of anilines is 2. The zero-order valence-corrected chi connectivity index (χ0v) is 10.1. The minimum Gasteiger partial charge on any atom is -0.383 e. The molecule has 1 aromatic rings. The molecule has 0 radical (unpaired) electrons. The van der Waals surface area contributed by atoms with E-state index >= 15 is 0 Å². The van der Waals surface area contributed by atoms with Gasteiger partial charge in [-0.1, -0.05) is 0 Å². The highest BCUT2D eigenvalue weighted by Crippen LogP contribution is 2.14. The molecule has 1 aromatic heterocycles. The molecule has 2 rings (SSSR count). The molecular formula is C11H19N5O. The standard InChI is InChI=1S/C11H19N5O/c1-17-7-4-13-10-8-11(15-9-14-10)16-5-2-12-3-6-16/h8-9,12H,2-7H2,1H3,(H,13,14,15). The van der Waals surface area contributed by atoms with Crippen LogP contribution < -0.4 is 15.5 Å². The van der Waals surface area contributed by atoms with Gasteiger partial charge in [-0.2, -0.15) is 0 Å². The first-order valence-corrected chi connectivity index (χ1v) is 5.90. The van der Waals surface area contributed by atoms with Crippen LogP contribution >= 0.6 is 0 Å². The first-order valence-electron chi connectivity index (χ1n) is 5.90. The van der Waals surface area contributed by atoms with Crippen molar-refractivity contribution >= 4 is 11.6 Å². The second-order valence-corrected chi connectivity index (χ2v) is 3.92. The molecule has 1 saturated heterocycles. The van der Waals surface area contributed by atoms with Crippen molar-refractivity contribution in [1.29, 1.82) is 0 Å². The molecule has 6 nitrogen and oxygen atoms in total. The molecule has 0 bridgehead atoms. The van der Waals surface area contributed by atoms with E-state index in [2.05, 4.69) is 25.5 Å². The van der Waals surface area contributed by atoms with Crippen LogP contribution in [0.1, 0.15) is 0 Å². The van der Waals surface area contributed by atoms with Crippen LogP contribution in [0.4, 0.5) is 11.6 Å². The Bertz CT molecular complexity index is 340. The van der Waals surface area contributed by atoms with Crippen molar-refractivity contribution in [3.63, 3.8) is 0 Å². The second-order valence-electron chi connectivity index (χ2n) is 3.92. The van der Waals surface area contributed by atoms with Crippen LogP contribution in [0.25, 0.3) is 0 Å². The third-order valence-electron chi connectivity index (χ3n) is 2.71. The van der Waals surface area contributed by atoms with Gasteiger partial charge >= 0.3 is 0 Å². The van der Waals surface area contributed by atoms with Gasteiger partial charge in [0.1, 0.15) is 18.0 Å². The number of ether oxygens (including phenoxy) is 1. The molecule has 1 fully saturated rings. The van der Waals surface area contributed by atoms with Crippen LogP contribution in [-0.2, 0) is 4.74 Å². The van der Waals surface area contributed by atoms with Crippen molar-refractivity contribution in [3.05, 3.63) is 12.4 Å². The van der Waals surface area contributed by atoms with Crippen molar-refractivity contribution in [2.75, 3.05) is 56.7 Å². The van der Waals surface area contributed by atoms with Gasteiger partial charge in [-0.05, 0) is 0 Å². The first kappa shape index (κ1) is 12.1. The Morgan fingerprint density at radius 1 is 1.41 bits per heavy atom. The molecule has 1 aliphatic rings. The fourth-order valence-corrected chi connectivity index (χ4v) is 1.79. The first-order chi connectivity index (χ1) is 8.40. The monoisotopic (exact) mass is 237 g/mol. The smallest absolute Gasteiger partial charge is 0.134 e. The largest absolute Gasteiger partial charge is 0.383 e. The molecule has 94 valence electrons. The minimum absolute atomic E-state index is 0.674.